The lowest BCUT2D eigenvalue weighted by atomic mass is 10.0. The molecule has 0 aliphatic heterocycles. The Bertz CT molecular complexity index is 898. The zero-order chi connectivity index (χ0) is 19.8. The molecule has 0 heterocycles. The quantitative estimate of drug-likeness (QED) is 0.435. The molecule has 0 aromatic heterocycles. The summed E-state index contributed by atoms with van der Waals surface area (Å²) in [6, 6.07) is 17.0. The van der Waals surface area contributed by atoms with Crippen LogP contribution >= 0.6 is 0 Å². The van der Waals surface area contributed by atoms with Crippen molar-refractivity contribution in [2.75, 3.05) is 19.5 Å². The Morgan fingerprint density at radius 3 is 2.43 bits per heavy atom. The van der Waals surface area contributed by atoms with E-state index in [1.807, 2.05) is 12.1 Å². The largest absolute Gasteiger partial charge is 0.494 e. The number of benzene rings is 2. The molecule has 0 saturated heterocycles. The average Bonchev–Trinajstić information content (AvgIpc) is 2.89. The Kier molecular flexibility index (Phi) is 7.29. The zero-order valence-corrected chi connectivity index (χ0v) is 17.2. The summed E-state index contributed by atoms with van der Waals surface area (Å²) in [5.41, 5.74) is 5.39. The molecule has 0 saturated carbocycles. The molecule has 2 aromatic rings. The maximum Gasteiger partial charge on any atom is 0.264 e. The van der Waals surface area contributed by atoms with Crippen molar-refractivity contribution >= 4 is 21.8 Å². The monoisotopic (exact) mass is 400 g/mol. The third-order valence-corrected chi connectivity index (χ3v) is 5.45. The summed E-state index contributed by atoms with van der Waals surface area (Å²) in [6.07, 6.45) is 9.24. The molecule has 4 nitrogen and oxygen atoms in total. The van der Waals surface area contributed by atoms with E-state index in [2.05, 4.69) is 42.5 Å². The van der Waals surface area contributed by atoms with Crippen molar-refractivity contribution in [2.45, 2.75) is 38.5 Å². The molecule has 0 unspecified atom stereocenters. The summed E-state index contributed by atoms with van der Waals surface area (Å²) in [5.74, 6) is 0.866. The predicted octanol–water partition coefficient (Wildman–Crippen LogP) is 5.09. The zero-order valence-electron chi connectivity index (χ0n) is 16.4. The van der Waals surface area contributed by atoms with Gasteiger partial charge in [-0.25, -0.2) is 0 Å². The first kappa shape index (κ1) is 20.6. The van der Waals surface area contributed by atoms with Crippen LogP contribution < -0.4 is 4.74 Å². The highest BCUT2D eigenvalue weighted by atomic mass is 32.2. The summed E-state index contributed by atoms with van der Waals surface area (Å²) in [4.78, 5) is 0. The van der Waals surface area contributed by atoms with Crippen LogP contribution in [0.5, 0.6) is 5.75 Å². The highest BCUT2D eigenvalue weighted by molar-refractivity contribution is 7.85. The van der Waals surface area contributed by atoms with Crippen LogP contribution in [0.15, 0.2) is 48.5 Å². The van der Waals surface area contributed by atoms with Crippen LogP contribution in [0.4, 0.5) is 0 Å². The van der Waals surface area contributed by atoms with Crippen molar-refractivity contribution in [3.05, 3.63) is 65.2 Å². The molecule has 0 spiro atoms. The van der Waals surface area contributed by atoms with E-state index in [0.29, 0.717) is 13.0 Å². The van der Waals surface area contributed by atoms with Crippen molar-refractivity contribution in [3.63, 3.8) is 0 Å². The summed E-state index contributed by atoms with van der Waals surface area (Å²) in [7, 11) is -3.33. The lowest BCUT2D eigenvalue weighted by molar-refractivity contribution is 0.283. The van der Waals surface area contributed by atoms with Crippen molar-refractivity contribution in [2.24, 2.45) is 0 Å². The summed E-state index contributed by atoms with van der Waals surface area (Å²) in [6.45, 7) is 0.861. The van der Waals surface area contributed by atoms with Gasteiger partial charge in [-0.05, 0) is 72.9 Å². The number of allylic oxidation sites excluding steroid dienone is 1. The number of hydrogen-bond acceptors (Lipinski definition) is 4. The minimum atomic E-state index is -3.33. The van der Waals surface area contributed by atoms with Gasteiger partial charge in [-0.1, -0.05) is 42.5 Å². The van der Waals surface area contributed by atoms with E-state index in [4.69, 9.17) is 8.92 Å². The Balaban J connectivity index is 1.47. The van der Waals surface area contributed by atoms with Crippen LogP contribution in [0.3, 0.4) is 0 Å². The van der Waals surface area contributed by atoms with E-state index in [1.165, 1.54) is 28.7 Å². The molecule has 0 amide bonds. The van der Waals surface area contributed by atoms with Crippen LogP contribution in [0.2, 0.25) is 0 Å². The van der Waals surface area contributed by atoms with Gasteiger partial charge >= 0.3 is 0 Å². The third kappa shape index (κ3) is 6.50. The van der Waals surface area contributed by atoms with Gasteiger partial charge in [0.05, 0.1) is 19.5 Å². The minimum Gasteiger partial charge on any atom is -0.494 e. The number of rotatable bonds is 9. The maximum absolute atomic E-state index is 10.9. The Morgan fingerprint density at radius 2 is 1.64 bits per heavy atom. The Morgan fingerprint density at radius 1 is 0.893 bits per heavy atom. The van der Waals surface area contributed by atoms with Gasteiger partial charge in [-0.2, -0.15) is 8.42 Å². The van der Waals surface area contributed by atoms with E-state index in [-0.39, 0.29) is 6.61 Å². The van der Waals surface area contributed by atoms with Crippen LogP contribution in [0.1, 0.15) is 48.8 Å². The first-order valence-corrected chi connectivity index (χ1v) is 11.7. The van der Waals surface area contributed by atoms with E-state index in [9.17, 15) is 8.42 Å². The smallest absolute Gasteiger partial charge is 0.264 e. The average molecular weight is 401 g/mol. The molecule has 0 radical (unpaired) electrons. The van der Waals surface area contributed by atoms with Crippen LogP contribution in [0, 0.1) is 0 Å². The van der Waals surface area contributed by atoms with Gasteiger partial charge in [0.2, 0.25) is 0 Å². The fourth-order valence-electron chi connectivity index (χ4n) is 3.41. The van der Waals surface area contributed by atoms with E-state index in [0.717, 1.165) is 37.7 Å². The van der Waals surface area contributed by atoms with E-state index in [1.54, 1.807) is 0 Å². The molecule has 1 aliphatic rings. The van der Waals surface area contributed by atoms with E-state index < -0.39 is 10.1 Å². The molecule has 0 fully saturated rings. The summed E-state index contributed by atoms with van der Waals surface area (Å²) < 4.78 is 32.3. The normalized spacial score (nSPS) is 14.1. The first-order valence-electron chi connectivity index (χ1n) is 9.87. The van der Waals surface area contributed by atoms with Crippen molar-refractivity contribution in [3.8, 4) is 5.75 Å². The van der Waals surface area contributed by atoms with Gasteiger partial charge in [-0.3, -0.25) is 4.18 Å². The molecule has 28 heavy (non-hydrogen) atoms. The van der Waals surface area contributed by atoms with Crippen molar-refractivity contribution < 1.29 is 17.3 Å². The Labute approximate surface area is 168 Å². The molecule has 0 bridgehead atoms. The molecular weight excluding hydrogens is 372 g/mol. The van der Waals surface area contributed by atoms with Crippen molar-refractivity contribution in [1.29, 1.82) is 0 Å². The first-order chi connectivity index (χ1) is 13.5. The van der Waals surface area contributed by atoms with Gasteiger partial charge in [0.25, 0.3) is 10.1 Å². The molecule has 0 N–H and O–H groups in total. The molecule has 3 rings (SSSR count). The van der Waals surface area contributed by atoms with Gasteiger partial charge in [0, 0.05) is 0 Å². The summed E-state index contributed by atoms with van der Waals surface area (Å²) >= 11 is 0. The Hall–Kier alpha value is -2.11. The second kappa shape index (κ2) is 9.89. The second-order valence-corrected chi connectivity index (χ2v) is 8.83. The topological polar surface area (TPSA) is 52.6 Å². The maximum atomic E-state index is 10.9. The number of ether oxygens (including phenoxy) is 1. The van der Waals surface area contributed by atoms with Gasteiger partial charge in [0.15, 0.2) is 0 Å². The molecule has 0 atom stereocenters. The summed E-state index contributed by atoms with van der Waals surface area (Å²) in [5, 5.41) is 0. The number of hydrogen-bond donors (Lipinski definition) is 0. The molecule has 1 aliphatic carbocycles. The fourth-order valence-corrected chi connectivity index (χ4v) is 3.83. The predicted molar refractivity (Wildman–Crippen MR) is 114 cm³/mol. The van der Waals surface area contributed by atoms with Crippen LogP contribution in [0.25, 0.3) is 11.6 Å². The van der Waals surface area contributed by atoms with Gasteiger partial charge in [0.1, 0.15) is 5.75 Å². The highest BCUT2D eigenvalue weighted by Crippen LogP contribution is 2.30. The van der Waals surface area contributed by atoms with Crippen LogP contribution in [-0.4, -0.2) is 27.9 Å². The van der Waals surface area contributed by atoms with Crippen molar-refractivity contribution in [1.82, 2.24) is 0 Å². The number of aryl methyl sites for hydroxylation is 1. The molecular formula is C23H28O4S. The third-order valence-electron chi connectivity index (χ3n) is 4.86. The second-order valence-electron chi connectivity index (χ2n) is 7.18. The van der Waals surface area contributed by atoms with Crippen LogP contribution in [-0.2, 0) is 20.7 Å². The standard InChI is InChI=1S/C23H28O4S/c1-28(24,25)27-17-6-2-5-16-26-23-14-12-20(13-15-23)22-11-7-10-19-8-3-4-9-21(19)18-22/h3-4,8-9,12-15,18H,2,5-7,10-11,16-17H2,1H3. The molecule has 150 valence electrons. The SMILES string of the molecule is CS(=O)(=O)OCCCCCOc1ccc(C2=Cc3ccccc3CCC2)cc1. The molecule has 5 heteroatoms. The van der Waals surface area contributed by atoms with Gasteiger partial charge < -0.3 is 4.74 Å². The van der Waals surface area contributed by atoms with Gasteiger partial charge in [-0.15, -0.1) is 0 Å². The highest BCUT2D eigenvalue weighted by Gasteiger charge is 2.10. The lowest BCUT2D eigenvalue weighted by Crippen LogP contribution is -2.04. The minimum absolute atomic E-state index is 0.242. The lowest BCUT2D eigenvalue weighted by Gasteiger charge is -2.09. The molecule has 2 aromatic carbocycles. The van der Waals surface area contributed by atoms with E-state index >= 15 is 0 Å². The number of fused-ring (bicyclic) bond motifs is 1. The fraction of sp³-hybridized carbons (Fsp3) is 0.391. The number of unbranched alkanes of at least 4 members (excludes halogenated alkanes) is 2.